The van der Waals surface area contributed by atoms with E-state index in [1.54, 1.807) is 31.5 Å². The van der Waals surface area contributed by atoms with E-state index in [1.165, 1.54) is 19.2 Å². The maximum Gasteiger partial charge on any atom is 0.287 e. The van der Waals surface area contributed by atoms with Gasteiger partial charge >= 0.3 is 0 Å². The summed E-state index contributed by atoms with van der Waals surface area (Å²) in [5, 5.41) is 2.42. The Morgan fingerprint density at radius 3 is 2.52 bits per heavy atom. The fourth-order valence-corrected chi connectivity index (χ4v) is 2.34. The van der Waals surface area contributed by atoms with Gasteiger partial charge in [-0.25, -0.2) is 13.1 Å². The van der Waals surface area contributed by atoms with E-state index in [2.05, 4.69) is 15.0 Å². The Hall–Kier alpha value is -2.19. The van der Waals surface area contributed by atoms with Crippen molar-refractivity contribution in [2.45, 2.75) is 18.1 Å². The third-order valence-corrected chi connectivity index (χ3v) is 4.18. The monoisotopic (exact) mass is 309 g/mol. The molecule has 0 aliphatic heterocycles. The SMILES string of the molecule is CNS(=O)(=O)c1ccc(C(=O)N[C@H](C)c2ccncc2)o1. The highest BCUT2D eigenvalue weighted by Gasteiger charge is 2.20. The van der Waals surface area contributed by atoms with Crippen molar-refractivity contribution in [1.29, 1.82) is 0 Å². The number of nitrogens with one attached hydrogen (secondary N) is 2. The molecule has 112 valence electrons. The number of hydrogen-bond acceptors (Lipinski definition) is 5. The number of carbonyl (C=O) groups excluding carboxylic acids is 1. The first kappa shape index (κ1) is 15.2. The molecule has 0 bridgehead atoms. The maximum atomic E-state index is 12.0. The van der Waals surface area contributed by atoms with E-state index in [0.717, 1.165) is 5.56 Å². The molecule has 0 saturated heterocycles. The number of furan rings is 1. The molecular formula is C13H15N3O4S. The smallest absolute Gasteiger partial charge is 0.287 e. The summed E-state index contributed by atoms with van der Waals surface area (Å²) in [6, 6.07) is 5.86. The molecule has 2 heterocycles. The van der Waals surface area contributed by atoms with Crippen LogP contribution in [0.15, 0.2) is 46.2 Å². The van der Waals surface area contributed by atoms with Crippen molar-refractivity contribution >= 4 is 15.9 Å². The van der Waals surface area contributed by atoms with Gasteiger partial charge in [0.2, 0.25) is 5.09 Å². The van der Waals surface area contributed by atoms with Crippen molar-refractivity contribution in [2.24, 2.45) is 0 Å². The summed E-state index contributed by atoms with van der Waals surface area (Å²) in [5.74, 6) is -0.554. The number of hydrogen-bond donors (Lipinski definition) is 2. The van der Waals surface area contributed by atoms with E-state index in [9.17, 15) is 13.2 Å². The lowest BCUT2D eigenvalue weighted by Gasteiger charge is -2.12. The zero-order chi connectivity index (χ0) is 15.5. The number of carbonyl (C=O) groups is 1. The number of sulfonamides is 1. The van der Waals surface area contributed by atoms with Crippen molar-refractivity contribution in [3.63, 3.8) is 0 Å². The summed E-state index contributed by atoms with van der Waals surface area (Å²) in [4.78, 5) is 15.9. The number of aromatic nitrogens is 1. The summed E-state index contributed by atoms with van der Waals surface area (Å²) in [7, 11) is -2.43. The van der Waals surface area contributed by atoms with Gasteiger partial charge in [-0.15, -0.1) is 0 Å². The van der Waals surface area contributed by atoms with E-state index in [-0.39, 0.29) is 16.9 Å². The minimum absolute atomic E-state index is 0.0651. The minimum Gasteiger partial charge on any atom is -0.438 e. The van der Waals surface area contributed by atoms with Crippen molar-refractivity contribution < 1.29 is 17.6 Å². The molecule has 2 aromatic heterocycles. The van der Waals surface area contributed by atoms with E-state index in [4.69, 9.17) is 4.42 Å². The minimum atomic E-state index is -3.70. The Labute approximate surface area is 122 Å². The van der Waals surface area contributed by atoms with Crippen LogP contribution >= 0.6 is 0 Å². The predicted octanol–water partition coefficient (Wildman–Crippen LogP) is 1.07. The van der Waals surface area contributed by atoms with Gasteiger partial charge in [0.1, 0.15) is 0 Å². The van der Waals surface area contributed by atoms with Crippen LogP contribution in [0.25, 0.3) is 0 Å². The first-order valence-corrected chi connectivity index (χ1v) is 7.66. The van der Waals surface area contributed by atoms with Gasteiger partial charge < -0.3 is 9.73 Å². The molecule has 0 saturated carbocycles. The molecule has 2 aromatic rings. The number of pyridine rings is 1. The van der Waals surface area contributed by atoms with Crippen LogP contribution in [-0.4, -0.2) is 26.4 Å². The topological polar surface area (TPSA) is 101 Å². The van der Waals surface area contributed by atoms with Gasteiger partial charge in [-0.3, -0.25) is 9.78 Å². The third-order valence-electron chi connectivity index (χ3n) is 2.89. The Balaban J connectivity index is 2.11. The summed E-state index contributed by atoms with van der Waals surface area (Å²) < 4.78 is 30.3. The van der Waals surface area contributed by atoms with Crippen LogP contribution in [0.3, 0.4) is 0 Å². The Morgan fingerprint density at radius 1 is 1.24 bits per heavy atom. The fourth-order valence-electron chi connectivity index (χ4n) is 1.69. The molecule has 1 atom stereocenters. The van der Waals surface area contributed by atoms with Gasteiger partial charge in [0.25, 0.3) is 15.9 Å². The first-order valence-electron chi connectivity index (χ1n) is 6.18. The third kappa shape index (κ3) is 3.47. The largest absolute Gasteiger partial charge is 0.438 e. The van der Waals surface area contributed by atoms with Crippen LogP contribution in [0.1, 0.15) is 29.1 Å². The highest BCUT2D eigenvalue weighted by Crippen LogP contribution is 2.15. The van der Waals surface area contributed by atoms with Crippen LogP contribution in [0.4, 0.5) is 0 Å². The van der Waals surface area contributed by atoms with E-state index in [0.29, 0.717) is 0 Å². The predicted molar refractivity (Wildman–Crippen MR) is 75.1 cm³/mol. The highest BCUT2D eigenvalue weighted by molar-refractivity contribution is 7.89. The second-order valence-electron chi connectivity index (χ2n) is 4.30. The summed E-state index contributed by atoms with van der Waals surface area (Å²) in [5.41, 5.74) is 0.882. The van der Waals surface area contributed by atoms with Gasteiger partial charge in [-0.05, 0) is 43.8 Å². The van der Waals surface area contributed by atoms with Crippen LogP contribution in [0.2, 0.25) is 0 Å². The zero-order valence-electron chi connectivity index (χ0n) is 11.5. The molecular weight excluding hydrogens is 294 g/mol. The van der Waals surface area contributed by atoms with Gasteiger partial charge in [0, 0.05) is 12.4 Å². The molecule has 2 rings (SSSR count). The Bertz CT molecular complexity index is 725. The number of amides is 1. The van der Waals surface area contributed by atoms with E-state index in [1.807, 2.05) is 0 Å². The number of nitrogens with zero attached hydrogens (tertiary/aromatic N) is 1. The zero-order valence-corrected chi connectivity index (χ0v) is 12.3. The molecule has 0 unspecified atom stereocenters. The standard InChI is InChI=1S/C13H15N3O4S/c1-9(10-5-7-15-8-6-10)16-13(17)11-3-4-12(20-11)21(18,19)14-2/h3-9,14H,1-2H3,(H,16,17)/t9-/m1/s1. The van der Waals surface area contributed by atoms with Crippen molar-refractivity contribution in [1.82, 2.24) is 15.0 Å². The molecule has 7 nitrogen and oxygen atoms in total. The molecule has 0 fully saturated rings. The number of rotatable bonds is 5. The summed E-state index contributed by atoms with van der Waals surface area (Å²) in [6.45, 7) is 1.81. The molecule has 0 aliphatic carbocycles. The molecule has 0 spiro atoms. The first-order chi connectivity index (χ1) is 9.94. The molecule has 0 aromatic carbocycles. The van der Waals surface area contributed by atoms with Crippen LogP contribution < -0.4 is 10.0 Å². The quantitative estimate of drug-likeness (QED) is 0.860. The lowest BCUT2D eigenvalue weighted by Crippen LogP contribution is -2.26. The van der Waals surface area contributed by atoms with Crippen LogP contribution in [0, 0.1) is 0 Å². The Kier molecular flexibility index (Phi) is 4.39. The van der Waals surface area contributed by atoms with Crippen molar-refractivity contribution in [3.8, 4) is 0 Å². The average Bonchev–Trinajstić information content (AvgIpc) is 2.99. The maximum absolute atomic E-state index is 12.0. The molecule has 2 N–H and O–H groups in total. The van der Waals surface area contributed by atoms with Crippen LogP contribution in [0.5, 0.6) is 0 Å². The van der Waals surface area contributed by atoms with Crippen LogP contribution in [-0.2, 0) is 10.0 Å². The van der Waals surface area contributed by atoms with Gasteiger partial charge in [-0.1, -0.05) is 0 Å². The second-order valence-corrected chi connectivity index (χ2v) is 6.12. The van der Waals surface area contributed by atoms with E-state index < -0.39 is 15.9 Å². The van der Waals surface area contributed by atoms with Crippen molar-refractivity contribution in [2.75, 3.05) is 7.05 Å². The second kappa shape index (κ2) is 6.06. The summed E-state index contributed by atoms with van der Waals surface area (Å²) >= 11 is 0. The normalized spacial score (nSPS) is 12.9. The molecule has 1 amide bonds. The van der Waals surface area contributed by atoms with Gasteiger partial charge in [0.05, 0.1) is 6.04 Å². The van der Waals surface area contributed by atoms with Crippen molar-refractivity contribution in [3.05, 3.63) is 48.0 Å². The molecule has 21 heavy (non-hydrogen) atoms. The molecule has 8 heteroatoms. The molecule has 0 radical (unpaired) electrons. The van der Waals surface area contributed by atoms with E-state index >= 15 is 0 Å². The van der Waals surface area contributed by atoms with Gasteiger partial charge in [0.15, 0.2) is 5.76 Å². The summed E-state index contributed by atoms with van der Waals surface area (Å²) in [6.07, 6.45) is 3.25. The Morgan fingerprint density at radius 2 is 1.90 bits per heavy atom. The lowest BCUT2D eigenvalue weighted by molar-refractivity contribution is 0.0906. The molecule has 0 aliphatic rings. The lowest BCUT2D eigenvalue weighted by atomic mass is 10.1. The fraction of sp³-hybridized carbons (Fsp3) is 0.231. The highest BCUT2D eigenvalue weighted by atomic mass is 32.2. The average molecular weight is 309 g/mol. The van der Waals surface area contributed by atoms with Gasteiger partial charge in [-0.2, -0.15) is 0 Å².